The summed E-state index contributed by atoms with van der Waals surface area (Å²) in [5, 5.41) is 3.04. The number of rotatable bonds is 30. The van der Waals surface area contributed by atoms with E-state index >= 15 is 0 Å². The molecular formula is C34H62N5O10PS. The second kappa shape index (κ2) is 25.1. The standard InChI is InChI=1S/C34H62N5O10PS/c1-4-6-8-10-12-14-16-18-25-51(44,45)31(20-17-15-13-11-9-7-5-2)28(3)46-23-19-24-47-50(42,43)48-27-30-29(37-38-35)26-33(49-30)39-22-21-32(40)36-34(39)41/h21-22,28-31,33H,4-20,23-27H2,1-3H3,(H,42,43)(H,36,40,41)/t28?,29-,30+,31?,33+/m0/s1. The molecule has 1 aromatic rings. The van der Waals surface area contributed by atoms with Crippen molar-refractivity contribution >= 4 is 17.7 Å². The smallest absolute Gasteiger partial charge is 0.377 e. The number of nitrogens with zero attached hydrogens (tertiary/aromatic N) is 4. The molecule has 1 fully saturated rings. The minimum absolute atomic E-state index is 0.0744. The number of H-pyrrole nitrogens is 1. The van der Waals surface area contributed by atoms with E-state index in [2.05, 4.69) is 28.9 Å². The third-order valence-corrected chi connectivity index (χ3v) is 12.6. The molecule has 2 N–H and O–H groups in total. The van der Waals surface area contributed by atoms with E-state index in [0.29, 0.717) is 12.8 Å². The van der Waals surface area contributed by atoms with Gasteiger partial charge in [0.05, 0.1) is 42.5 Å². The van der Waals surface area contributed by atoms with Crippen LogP contribution in [0.5, 0.6) is 0 Å². The topological polar surface area (TPSA) is 212 Å². The molecule has 2 rings (SSSR count). The molecule has 1 aliphatic rings. The molecule has 0 bridgehead atoms. The fourth-order valence-electron chi connectivity index (χ4n) is 6.30. The van der Waals surface area contributed by atoms with Crippen LogP contribution in [0.3, 0.4) is 0 Å². The van der Waals surface area contributed by atoms with Gasteiger partial charge in [-0.15, -0.1) is 0 Å². The zero-order valence-electron chi connectivity index (χ0n) is 30.9. The van der Waals surface area contributed by atoms with Gasteiger partial charge in [0.2, 0.25) is 0 Å². The van der Waals surface area contributed by atoms with Gasteiger partial charge in [-0.1, -0.05) is 109 Å². The maximum absolute atomic E-state index is 13.5. The largest absolute Gasteiger partial charge is 0.472 e. The summed E-state index contributed by atoms with van der Waals surface area (Å²) in [6.45, 7) is 5.64. The molecule has 0 saturated carbocycles. The van der Waals surface area contributed by atoms with Crippen molar-refractivity contribution in [3.05, 3.63) is 43.5 Å². The van der Waals surface area contributed by atoms with Crippen LogP contribution in [0, 0.1) is 0 Å². The van der Waals surface area contributed by atoms with E-state index < -0.39 is 65.2 Å². The Balaban J connectivity index is 1.83. The molecule has 0 radical (unpaired) electrons. The fraction of sp³-hybridized carbons (Fsp3) is 0.882. The third-order valence-electron chi connectivity index (χ3n) is 9.25. The summed E-state index contributed by atoms with van der Waals surface area (Å²) in [6, 6.07) is 0.333. The first-order valence-electron chi connectivity index (χ1n) is 18.9. The number of aromatic nitrogens is 2. The molecule has 0 amide bonds. The SMILES string of the molecule is CCCCCCCCCCS(=O)(=O)C(CCCCCCCCC)C(C)OCCCOP(=O)(O)OC[C@H]1O[C@@H](n2ccc(=O)[nH]c2=O)C[C@@H]1N=[N+]=[N-]. The lowest BCUT2D eigenvalue weighted by molar-refractivity contribution is -0.0287. The van der Waals surface area contributed by atoms with E-state index in [4.69, 9.17) is 24.1 Å². The van der Waals surface area contributed by atoms with Gasteiger partial charge >= 0.3 is 13.5 Å². The van der Waals surface area contributed by atoms with E-state index in [9.17, 15) is 27.5 Å². The van der Waals surface area contributed by atoms with E-state index in [-0.39, 0.29) is 31.8 Å². The molecule has 15 nitrogen and oxygen atoms in total. The van der Waals surface area contributed by atoms with Gasteiger partial charge in [-0.3, -0.25) is 23.4 Å². The maximum atomic E-state index is 13.5. The normalized spacial score (nSPS) is 20.1. The first-order valence-corrected chi connectivity index (χ1v) is 22.1. The van der Waals surface area contributed by atoms with Crippen LogP contribution in [0.25, 0.3) is 10.4 Å². The lowest BCUT2D eigenvalue weighted by atomic mass is 10.1. The van der Waals surface area contributed by atoms with Crippen molar-refractivity contribution in [2.24, 2.45) is 5.11 Å². The molecule has 2 heterocycles. The van der Waals surface area contributed by atoms with Gasteiger partial charge in [0.15, 0.2) is 9.84 Å². The van der Waals surface area contributed by atoms with Crippen molar-refractivity contribution in [3.63, 3.8) is 0 Å². The molecule has 3 unspecified atom stereocenters. The summed E-state index contributed by atoms with van der Waals surface area (Å²) in [7, 11) is -7.92. The van der Waals surface area contributed by atoms with Gasteiger partial charge < -0.3 is 14.4 Å². The Hall–Kier alpha value is -2.03. The van der Waals surface area contributed by atoms with Crippen LogP contribution in [0.1, 0.15) is 143 Å². The zero-order chi connectivity index (χ0) is 37.5. The fourth-order valence-corrected chi connectivity index (χ4v) is 9.16. The third kappa shape index (κ3) is 18.0. The molecule has 1 aliphatic heterocycles. The Morgan fingerprint density at radius 2 is 1.59 bits per heavy atom. The van der Waals surface area contributed by atoms with Crippen LogP contribution in [-0.4, -0.2) is 71.9 Å². The summed E-state index contributed by atoms with van der Waals surface area (Å²) < 4.78 is 62.6. The minimum atomic E-state index is -4.55. The molecular weight excluding hydrogens is 701 g/mol. The first-order chi connectivity index (χ1) is 24.4. The van der Waals surface area contributed by atoms with E-state index in [1.807, 2.05) is 0 Å². The van der Waals surface area contributed by atoms with Crippen molar-refractivity contribution < 1.29 is 36.4 Å². The number of phosphoric acid groups is 1. The Labute approximate surface area is 303 Å². The van der Waals surface area contributed by atoms with Crippen LogP contribution in [0.15, 0.2) is 27.0 Å². The van der Waals surface area contributed by atoms with Gasteiger partial charge in [-0.2, -0.15) is 0 Å². The van der Waals surface area contributed by atoms with Crippen molar-refractivity contribution in [2.45, 2.75) is 166 Å². The molecule has 17 heteroatoms. The lowest BCUT2D eigenvalue weighted by Gasteiger charge is -2.25. The molecule has 1 aromatic heterocycles. The highest BCUT2D eigenvalue weighted by atomic mass is 32.2. The summed E-state index contributed by atoms with van der Waals surface area (Å²) in [5.41, 5.74) is 7.66. The van der Waals surface area contributed by atoms with Crippen molar-refractivity contribution in [2.75, 3.05) is 25.6 Å². The van der Waals surface area contributed by atoms with Crippen LogP contribution in [-0.2, 0) is 32.9 Å². The van der Waals surface area contributed by atoms with Gasteiger partial charge in [-0.05, 0) is 31.7 Å². The highest BCUT2D eigenvalue weighted by Gasteiger charge is 2.38. The van der Waals surface area contributed by atoms with E-state index in [1.165, 1.54) is 51.1 Å². The quantitative estimate of drug-likeness (QED) is 0.0259. The summed E-state index contributed by atoms with van der Waals surface area (Å²) >= 11 is 0. The number of hydrogen-bond acceptors (Lipinski definition) is 10. The van der Waals surface area contributed by atoms with Crippen LogP contribution < -0.4 is 11.2 Å². The average molecular weight is 764 g/mol. The van der Waals surface area contributed by atoms with Crippen molar-refractivity contribution in [3.8, 4) is 0 Å². The van der Waals surface area contributed by atoms with Crippen molar-refractivity contribution in [1.82, 2.24) is 9.55 Å². The van der Waals surface area contributed by atoms with Crippen LogP contribution in [0.4, 0.5) is 0 Å². The summed E-state index contributed by atoms with van der Waals surface area (Å²) in [6.07, 6.45) is 16.0. The minimum Gasteiger partial charge on any atom is -0.377 e. The second-order valence-electron chi connectivity index (χ2n) is 13.5. The number of hydrogen-bond donors (Lipinski definition) is 2. The number of aromatic amines is 1. The summed E-state index contributed by atoms with van der Waals surface area (Å²) in [5.74, 6) is 0.151. The molecule has 6 atom stereocenters. The van der Waals surface area contributed by atoms with Gasteiger partial charge in [-0.25, -0.2) is 17.8 Å². The summed E-state index contributed by atoms with van der Waals surface area (Å²) in [4.78, 5) is 38.7. The van der Waals surface area contributed by atoms with Crippen molar-refractivity contribution in [1.29, 1.82) is 0 Å². The molecule has 1 saturated heterocycles. The molecule has 51 heavy (non-hydrogen) atoms. The zero-order valence-corrected chi connectivity index (χ0v) is 32.6. The molecule has 294 valence electrons. The Bertz CT molecular complexity index is 1430. The predicted octanol–water partition coefficient (Wildman–Crippen LogP) is 7.50. The first kappa shape index (κ1) is 45.1. The van der Waals surface area contributed by atoms with E-state index in [1.54, 1.807) is 6.92 Å². The van der Waals surface area contributed by atoms with Gasteiger partial charge in [0.1, 0.15) is 6.23 Å². The monoisotopic (exact) mass is 763 g/mol. The van der Waals surface area contributed by atoms with Crippen LogP contribution >= 0.6 is 7.82 Å². The highest BCUT2D eigenvalue weighted by Crippen LogP contribution is 2.44. The number of ether oxygens (including phenoxy) is 2. The number of nitrogens with one attached hydrogen (secondary N) is 1. The lowest BCUT2D eigenvalue weighted by Crippen LogP contribution is -2.36. The molecule has 0 aliphatic carbocycles. The molecule has 0 aromatic carbocycles. The second-order valence-corrected chi connectivity index (χ2v) is 17.3. The van der Waals surface area contributed by atoms with E-state index in [0.717, 1.165) is 55.6 Å². The number of azide groups is 1. The van der Waals surface area contributed by atoms with Crippen LogP contribution in [0.2, 0.25) is 0 Å². The maximum Gasteiger partial charge on any atom is 0.472 e. The van der Waals surface area contributed by atoms with Gasteiger partial charge in [0, 0.05) is 30.2 Å². The Kier molecular flexibility index (Phi) is 22.2. The Morgan fingerprint density at radius 1 is 0.980 bits per heavy atom. The highest BCUT2D eigenvalue weighted by molar-refractivity contribution is 7.92. The number of unbranched alkanes of at least 4 members (excludes halogenated alkanes) is 13. The molecule has 0 spiro atoms. The number of phosphoric ester groups is 1. The number of sulfone groups is 1. The van der Waals surface area contributed by atoms with Gasteiger partial charge in [0.25, 0.3) is 5.56 Å². The Morgan fingerprint density at radius 3 is 2.20 bits per heavy atom. The predicted molar refractivity (Wildman–Crippen MR) is 197 cm³/mol. The average Bonchev–Trinajstić information content (AvgIpc) is 3.48.